The summed E-state index contributed by atoms with van der Waals surface area (Å²) in [6, 6.07) is 9.12. The molecule has 0 spiro atoms. The van der Waals surface area contributed by atoms with Crippen LogP contribution in [0.1, 0.15) is 36.7 Å². The molecule has 2 unspecified atom stereocenters. The maximum absolute atomic E-state index is 12.3. The molecule has 0 bridgehead atoms. The SMILES string of the molecule is CC1(C(=O)O)CCCC1NC(=O)c1cc2ccccc2[nH]1. The van der Waals surface area contributed by atoms with Crippen molar-refractivity contribution in [1.29, 1.82) is 0 Å². The summed E-state index contributed by atoms with van der Waals surface area (Å²) in [6.45, 7) is 1.71. The maximum Gasteiger partial charge on any atom is 0.311 e. The molecule has 0 aliphatic heterocycles. The topological polar surface area (TPSA) is 82.2 Å². The summed E-state index contributed by atoms with van der Waals surface area (Å²) in [5.41, 5.74) is 0.493. The van der Waals surface area contributed by atoms with Crippen molar-refractivity contribution in [3.8, 4) is 0 Å². The number of rotatable bonds is 3. The molecule has 1 fully saturated rings. The Labute approximate surface area is 122 Å². The smallest absolute Gasteiger partial charge is 0.311 e. The number of nitrogens with one attached hydrogen (secondary N) is 2. The Morgan fingerprint density at radius 2 is 2.14 bits per heavy atom. The number of carbonyl (C=O) groups is 2. The van der Waals surface area contributed by atoms with Crippen LogP contribution in [0.25, 0.3) is 10.9 Å². The number of aromatic amines is 1. The summed E-state index contributed by atoms with van der Waals surface area (Å²) in [6.07, 6.45) is 2.12. The van der Waals surface area contributed by atoms with Crippen molar-refractivity contribution in [2.45, 2.75) is 32.2 Å². The fraction of sp³-hybridized carbons (Fsp3) is 0.375. The Morgan fingerprint density at radius 3 is 2.86 bits per heavy atom. The fourth-order valence-corrected chi connectivity index (χ4v) is 3.09. The van der Waals surface area contributed by atoms with Crippen LogP contribution < -0.4 is 5.32 Å². The number of amides is 1. The molecule has 1 aliphatic rings. The van der Waals surface area contributed by atoms with E-state index in [4.69, 9.17) is 0 Å². The Kier molecular flexibility index (Phi) is 3.20. The van der Waals surface area contributed by atoms with Gasteiger partial charge >= 0.3 is 5.97 Å². The molecule has 1 saturated carbocycles. The number of benzene rings is 1. The average molecular weight is 286 g/mol. The van der Waals surface area contributed by atoms with Crippen LogP contribution in [0.15, 0.2) is 30.3 Å². The van der Waals surface area contributed by atoms with Gasteiger partial charge in [0.2, 0.25) is 0 Å². The van der Waals surface area contributed by atoms with E-state index in [1.165, 1.54) is 0 Å². The summed E-state index contributed by atoms with van der Waals surface area (Å²) in [5, 5.41) is 13.2. The summed E-state index contributed by atoms with van der Waals surface area (Å²) >= 11 is 0. The summed E-state index contributed by atoms with van der Waals surface area (Å²) in [5.74, 6) is -1.09. The van der Waals surface area contributed by atoms with Gasteiger partial charge in [0.25, 0.3) is 5.91 Å². The monoisotopic (exact) mass is 286 g/mol. The van der Waals surface area contributed by atoms with Gasteiger partial charge in [0.1, 0.15) is 5.69 Å². The minimum absolute atomic E-state index is 0.245. The highest BCUT2D eigenvalue weighted by Gasteiger charge is 2.46. The number of hydrogen-bond donors (Lipinski definition) is 3. The van der Waals surface area contributed by atoms with Gasteiger partial charge in [0.15, 0.2) is 0 Å². The molecule has 2 aromatic rings. The van der Waals surface area contributed by atoms with Crippen molar-refractivity contribution in [2.75, 3.05) is 0 Å². The van der Waals surface area contributed by atoms with Gasteiger partial charge in [-0.1, -0.05) is 24.6 Å². The van der Waals surface area contributed by atoms with E-state index in [2.05, 4.69) is 10.3 Å². The molecule has 1 aliphatic carbocycles. The molecule has 1 aromatic carbocycles. The second kappa shape index (κ2) is 4.91. The summed E-state index contributed by atoms with van der Waals surface area (Å²) < 4.78 is 0. The van der Waals surface area contributed by atoms with Gasteiger partial charge in [-0.05, 0) is 31.9 Å². The van der Waals surface area contributed by atoms with E-state index in [1.807, 2.05) is 24.3 Å². The van der Waals surface area contributed by atoms with Gasteiger partial charge in [-0.2, -0.15) is 0 Å². The van der Waals surface area contributed by atoms with Crippen molar-refractivity contribution in [3.63, 3.8) is 0 Å². The molecule has 1 aromatic heterocycles. The summed E-state index contributed by atoms with van der Waals surface area (Å²) in [7, 11) is 0. The van der Waals surface area contributed by atoms with E-state index in [9.17, 15) is 14.7 Å². The quantitative estimate of drug-likeness (QED) is 0.811. The zero-order chi connectivity index (χ0) is 15.0. The van der Waals surface area contributed by atoms with E-state index in [1.54, 1.807) is 13.0 Å². The zero-order valence-corrected chi connectivity index (χ0v) is 11.8. The average Bonchev–Trinajstić information content (AvgIpc) is 3.04. The normalized spacial score (nSPS) is 25.1. The lowest BCUT2D eigenvalue weighted by Crippen LogP contribution is -2.47. The van der Waals surface area contributed by atoms with Crippen molar-refractivity contribution in [1.82, 2.24) is 10.3 Å². The van der Waals surface area contributed by atoms with Crippen LogP contribution in [-0.4, -0.2) is 28.0 Å². The molecule has 1 heterocycles. The van der Waals surface area contributed by atoms with E-state index in [0.29, 0.717) is 18.5 Å². The molecule has 5 heteroatoms. The molecule has 110 valence electrons. The van der Waals surface area contributed by atoms with Crippen LogP contribution in [0.4, 0.5) is 0 Å². The highest BCUT2D eigenvalue weighted by atomic mass is 16.4. The third-order valence-electron chi connectivity index (χ3n) is 4.53. The standard InChI is InChI=1S/C16H18N2O3/c1-16(15(20)21)8-4-7-13(16)18-14(19)12-9-10-5-2-3-6-11(10)17-12/h2-3,5-6,9,13,17H,4,7-8H2,1H3,(H,18,19)(H,20,21). The van der Waals surface area contributed by atoms with Gasteiger partial charge in [-0.25, -0.2) is 0 Å². The largest absolute Gasteiger partial charge is 0.481 e. The molecule has 0 radical (unpaired) electrons. The number of hydrogen-bond acceptors (Lipinski definition) is 2. The van der Waals surface area contributed by atoms with Crippen molar-refractivity contribution in [2.24, 2.45) is 5.41 Å². The molecular weight excluding hydrogens is 268 g/mol. The van der Waals surface area contributed by atoms with Gasteiger partial charge in [0, 0.05) is 16.9 Å². The molecular formula is C16H18N2O3. The van der Waals surface area contributed by atoms with Crippen molar-refractivity contribution < 1.29 is 14.7 Å². The lowest BCUT2D eigenvalue weighted by molar-refractivity contribution is -0.148. The van der Waals surface area contributed by atoms with Crippen LogP contribution >= 0.6 is 0 Å². The number of H-pyrrole nitrogens is 1. The van der Waals surface area contributed by atoms with Crippen LogP contribution in [0.3, 0.4) is 0 Å². The van der Waals surface area contributed by atoms with Crippen LogP contribution in [0.2, 0.25) is 0 Å². The molecule has 21 heavy (non-hydrogen) atoms. The van der Waals surface area contributed by atoms with E-state index in [-0.39, 0.29) is 11.9 Å². The predicted octanol–water partition coefficient (Wildman–Crippen LogP) is 2.54. The molecule has 0 saturated heterocycles. The molecule has 2 atom stereocenters. The number of aliphatic carboxylic acids is 1. The minimum atomic E-state index is -0.873. The Hall–Kier alpha value is -2.30. The van der Waals surface area contributed by atoms with Crippen molar-refractivity contribution >= 4 is 22.8 Å². The predicted molar refractivity (Wildman–Crippen MR) is 79.1 cm³/mol. The Morgan fingerprint density at radius 1 is 1.38 bits per heavy atom. The maximum atomic E-state index is 12.3. The molecule has 5 nitrogen and oxygen atoms in total. The number of carboxylic acid groups (broad SMARTS) is 1. The first kappa shape index (κ1) is 13.7. The molecule has 1 amide bonds. The highest BCUT2D eigenvalue weighted by Crippen LogP contribution is 2.38. The Balaban J connectivity index is 1.81. The van der Waals surface area contributed by atoms with Crippen LogP contribution in [-0.2, 0) is 4.79 Å². The first-order valence-electron chi connectivity index (χ1n) is 7.13. The van der Waals surface area contributed by atoms with Crippen molar-refractivity contribution in [3.05, 3.63) is 36.0 Å². The first-order chi connectivity index (χ1) is 10.0. The van der Waals surface area contributed by atoms with E-state index in [0.717, 1.165) is 17.3 Å². The minimum Gasteiger partial charge on any atom is -0.481 e. The summed E-state index contributed by atoms with van der Waals surface area (Å²) in [4.78, 5) is 26.8. The van der Waals surface area contributed by atoms with E-state index < -0.39 is 11.4 Å². The lowest BCUT2D eigenvalue weighted by Gasteiger charge is -2.27. The number of carbonyl (C=O) groups excluding carboxylic acids is 1. The van der Waals surface area contributed by atoms with E-state index >= 15 is 0 Å². The number of carboxylic acids is 1. The third-order valence-corrected chi connectivity index (χ3v) is 4.53. The second-order valence-electron chi connectivity index (χ2n) is 5.91. The first-order valence-corrected chi connectivity index (χ1v) is 7.13. The van der Waals surface area contributed by atoms with Crippen LogP contribution in [0, 0.1) is 5.41 Å². The fourth-order valence-electron chi connectivity index (χ4n) is 3.09. The number of para-hydroxylation sites is 1. The Bertz CT molecular complexity index is 673. The van der Waals surface area contributed by atoms with Gasteiger partial charge in [-0.15, -0.1) is 0 Å². The van der Waals surface area contributed by atoms with Gasteiger partial charge in [0.05, 0.1) is 5.41 Å². The third kappa shape index (κ3) is 2.28. The zero-order valence-electron chi connectivity index (χ0n) is 11.8. The second-order valence-corrected chi connectivity index (χ2v) is 5.91. The number of fused-ring (bicyclic) bond motifs is 1. The molecule has 3 N–H and O–H groups in total. The highest BCUT2D eigenvalue weighted by molar-refractivity contribution is 5.98. The molecule has 3 rings (SSSR count). The lowest BCUT2D eigenvalue weighted by atomic mass is 9.85. The van der Waals surface area contributed by atoms with Gasteiger partial charge in [-0.3, -0.25) is 9.59 Å². The van der Waals surface area contributed by atoms with Crippen LogP contribution in [0.5, 0.6) is 0 Å². The van der Waals surface area contributed by atoms with Gasteiger partial charge < -0.3 is 15.4 Å². The number of aromatic nitrogens is 1.